The number of aromatic carboxylic acids is 1. The number of carboxylic acid groups (broad SMARTS) is 1. The standard InChI is InChI=1S/C20H27NO4S2/c1-3-4-10-20(2,25)11-5-6-14-7-8-17(22)15(14)9-12-26-19-21-16(13-27-19)18(23)24/h3,5-6,13-15,25H,1,4,7-12H2,2H3,(H,23,24). The van der Waals surface area contributed by atoms with Gasteiger partial charge in [-0.1, -0.05) is 30.0 Å². The first kappa shape index (κ1) is 21.9. The first-order valence-corrected chi connectivity index (χ1v) is 11.0. The van der Waals surface area contributed by atoms with Crippen LogP contribution in [0.2, 0.25) is 0 Å². The van der Waals surface area contributed by atoms with E-state index < -0.39 is 11.6 Å². The minimum Gasteiger partial charge on any atom is -0.476 e. The zero-order chi connectivity index (χ0) is 19.9. The molecule has 0 bridgehead atoms. The van der Waals surface area contributed by atoms with E-state index in [0.29, 0.717) is 25.0 Å². The lowest BCUT2D eigenvalue weighted by Crippen LogP contribution is -2.22. The number of ketones is 1. The van der Waals surface area contributed by atoms with Crippen LogP contribution in [0, 0.1) is 11.8 Å². The Kier molecular flexibility index (Phi) is 8.26. The molecule has 0 radical (unpaired) electrons. The molecule has 0 aliphatic heterocycles. The number of carboxylic acids is 1. The van der Waals surface area contributed by atoms with Gasteiger partial charge in [0.15, 0.2) is 10.0 Å². The fourth-order valence-corrected chi connectivity index (χ4v) is 5.14. The van der Waals surface area contributed by atoms with Gasteiger partial charge in [0.2, 0.25) is 0 Å². The number of aromatic nitrogens is 1. The van der Waals surface area contributed by atoms with Crippen molar-refractivity contribution < 1.29 is 19.8 Å². The van der Waals surface area contributed by atoms with Crippen LogP contribution in [-0.2, 0) is 4.79 Å². The van der Waals surface area contributed by atoms with Crippen molar-refractivity contribution in [1.82, 2.24) is 4.98 Å². The molecule has 1 aromatic rings. The summed E-state index contributed by atoms with van der Waals surface area (Å²) >= 11 is 2.83. The molecule has 3 unspecified atom stereocenters. The van der Waals surface area contributed by atoms with Crippen LogP contribution in [0.25, 0.3) is 0 Å². The topological polar surface area (TPSA) is 87.5 Å². The van der Waals surface area contributed by atoms with Gasteiger partial charge in [-0.2, -0.15) is 0 Å². The number of rotatable bonds is 11. The van der Waals surface area contributed by atoms with E-state index in [9.17, 15) is 14.7 Å². The van der Waals surface area contributed by atoms with Crippen LogP contribution < -0.4 is 0 Å². The van der Waals surface area contributed by atoms with Crippen molar-refractivity contribution in [3.8, 4) is 0 Å². The van der Waals surface area contributed by atoms with Gasteiger partial charge in [0.05, 0.1) is 5.60 Å². The minimum absolute atomic E-state index is 0.00535. The Morgan fingerprint density at radius 2 is 2.33 bits per heavy atom. The largest absolute Gasteiger partial charge is 0.476 e. The van der Waals surface area contributed by atoms with E-state index in [0.717, 1.165) is 29.4 Å². The van der Waals surface area contributed by atoms with Gasteiger partial charge in [-0.25, -0.2) is 9.78 Å². The van der Waals surface area contributed by atoms with Crippen LogP contribution in [-0.4, -0.2) is 38.3 Å². The summed E-state index contributed by atoms with van der Waals surface area (Å²) in [7, 11) is 0. The molecule has 1 aliphatic carbocycles. The fraction of sp³-hybridized carbons (Fsp3) is 0.550. The molecule has 7 heteroatoms. The minimum atomic E-state index is -1.02. The summed E-state index contributed by atoms with van der Waals surface area (Å²) in [6.07, 6.45) is 10.2. The van der Waals surface area contributed by atoms with Crippen molar-refractivity contribution in [3.05, 3.63) is 35.9 Å². The molecule has 1 aliphatic rings. The van der Waals surface area contributed by atoms with Gasteiger partial charge in [0, 0.05) is 23.5 Å². The Morgan fingerprint density at radius 3 is 3.00 bits per heavy atom. The molecule has 1 fully saturated rings. The van der Waals surface area contributed by atoms with E-state index in [1.165, 1.54) is 28.5 Å². The average molecular weight is 410 g/mol. The Bertz CT molecular complexity index is 696. The third-order valence-electron chi connectivity index (χ3n) is 4.84. The molecule has 148 valence electrons. The molecular formula is C20H27NO4S2. The molecule has 1 heterocycles. The van der Waals surface area contributed by atoms with Gasteiger partial charge in [0.1, 0.15) is 5.78 Å². The molecule has 3 atom stereocenters. The number of nitrogens with zero attached hydrogens (tertiary/aromatic N) is 1. The predicted octanol–water partition coefficient (Wildman–Crippen LogP) is 4.58. The number of thiazole rings is 1. The van der Waals surface area contributed by atoms with Crippen LogP contribution >= 0.6 is 23.1 Å². The number of hydrogen-bond donors (Lipinski definition) is 2. The lowest BCUT2D eigenvalue weighted by molar-refractivity contribution is -0.121. The van der Waals surface area contributed by atoms with Crippen LogP contribution in [0.15, 0.2) is 34.5 Å². The maximum Gasteiger partial charge on any atom is 0.355 e. The van der Waals surface area contributed by atoms with Crippen LogP contribution in [0.4, 0.5) is 0 Å². The Labute approximate surface area is 168 Å². The number of thioether (sulfide) groups is 1. The number of allylic oxidation sites excluding steroid dienone is 2. The summed E-state index contributed by atoms with van der Waals surface area (Å²) in [6.45, 7) is 5.51. The second kappa shape index (κ2) is 10.2. The third kappa shape index (κ3) is 6.90. The van der Waals surface area contributed by atoms with E-state index in [2.05, 4.69) is 17.6 Å². The van der Waals surface area contributed by atoms with Crippen LogP contribution in [0.1, 0.15) is 55.9 Å². The Morgan fingerprint density at radius 1 is 1.56 bits per heavy atom. The van der Waals surface area contributed by atoms with Crippen molar-refractivity contribution in [2.45, 2.75) is 55.4 Å². The molecule has 0 amide bonds. The maximum absolute atomic E-state index is 12.2. The number of carbonyl (C=O) groups is 2. The highest BCUT2D eigenvalue weighted by atomic mass is 32.2. The van der Waals surface area contributed by atoms with Crippen molar-refractivity contribution in [1.29, 1.82) is 0 Å². The summed E-state index contributed by atoms with van der Waals surface area (Å²) in [5.74, 6) is 0.252. The second-order valence-corrected chi connectivity index (χ2v) is 9.37. The van der Waals surface area contributed by atoms with Gasteiger partial charge >= 0.3 is 5.97 Å². The van der Waals surface area contributed by atoms with Crippen molar-refractivity contribution >= 4 is 34.9 Å². The Hall–Kier alpha value is -1.44. The molecule has 1 saturated carbocycles. The monoisotopic (exact) mass is 409 g/mol. The number of carbonyl (C=O) groups excluding carboxylic acids is 1. The quantitative estimate of drug-likeness (QED) is 0.411. The van der Waals surface area contributed by atoms with Gasteiger partial charge < -0.3 is 10.2 Å². The molecule has 0 spiro atoms. The summed E-state index contributed by atoms with van der Waals surface area (Å²) in [5, 5.41) is 20.8. The zero-order valence-electron chi connectivity index (χ0n) is 15.6. The van der Waals surface area contributed by atoms with Gasteiger partial charge in [0.25, 0.3) is 0 Å². The lowest BCUT2D eigenvalue weighted by Gasteiger charge is -2.21. The third-order valence-corrected chi connectivity index (χ3v) is 6.89. The molecule has 2 rings (SSSR count). The first-order chi connectivity index (χ1) is 12.8. The molecular weight excluding hydrogens is 382 g/mol. The first-order valence-electron chi connectivity index (χ1n) is 9.16. The normalized spacial score (nSPS) is 22.2. The number of hydrogen-bond acceptors (Lipinski definition) is 6. The van der Waals surface area contributed by atoms with E-state index in [4.69, 9.17) is 5.11 Å². The molecule has 27 heavy (non-hydrogen) atoms. The van der Waals surface area contributed by atoms with Crippen LogP contribution in [0.5, 0.6) is 0 Å². The molecule has 1 aromatic heterocycles. The second-order valence-electron chi connectivity index (χ2n) is 7.17. The molecule has 0 saturated heterocycles. The van der Waals surface area contributed by atoms with Crippen LogP contribution in [0.3, 0.4) is 0 Å². The van der Waals surface area contributed by atoms with E-state index >= 15 is 0 Å². The summed E-state index contributed by atoms with van der Waals surface area (Å²) in [4.78, 5) is 27.2. The summed E-state index contributed by atoms with van der Waals surface area (Å²) in [6, 6.07) is 0. The lowest BCUT2D eigenvalue weighted by atomic mass is 9.90. The predicted molar refractivity (Wildman–Crippen MR) is 109 cm³/mol. The summed E-state index contributed by atoms with van der Waals surface area (Å²) < 4.78 is 0.725. The highest BCUT2D eigenvalue weighted by Crippen LogP contribution is 2.35. The SMILES string of the molecule is C=CCCC(C)(O)CC=CC1CCC(=O)C1CCSc1nc(C(=O)O)cs1. The maximum atomic E-state index is 12.2. The van der Waals surface area contributed by atoms with E-state index in [1.54, 1.807) is 0 Å². The van der Waals surface area contributed by atoms with Gasteiger partial charge in [-0.05, 0) is 44.9 Å². The summed E-state index contributed by atoms with van der Waals surface area (Å²) in [5.41, 5.74) is -0.672. The Balaban J connectivity index is 1.83. The molecule has 2 N–H and O–H groups in total. The van der Waals surface area contributed by atoms with E-state index in [1.807, 2.05) is 19.1 Å². The fourth-order valence-electron chi connectivity index (χ4n) is 3.25. The molecule has 5 nitrogen and oxygen atoms in total. The highest BCUT2D eigenvalue weighted by Gasteiger charge is 2.32. The van der Waals surface area contributed by atoms with Crippen molar-refractivity contribution in [2.75, 3.05) is 5.75 Å². The zero-order valence-corrected chi connectivity index (χ0v) is 17.2. The van der Waals surface area contributed by atoms with Gasteiger partial charge in [-0.15, -0.1) is 17.9 Å². The highest BCUT2D eigenvalue weighted by molar-refractivity contribution is 8.01. The smallest absolute Gasteiger partial charge is 0.355 e. The average Bonchev–Trinajstić information content (AvgIpc) is 3.22. The van der Waals surface area contributed by atoms with Crippen molar-refractivity contribution in [3.63, 3.8) is 0 Å². The number of Topliss-reactive ketones (excluding diaryl/α,β-unsaturated/α-hetero) is 1. The molecule has 0 aromatic carbocycles. The van der Waals surface area contributed by atoms with Gasteiger partial charge in [-0.3, -0.25) is 4.79 Å². The van der Waals surface area contributed by atoms with Crippen molar-refractivity contribution in [2.24, 2.45) is 11.8 Å². The van der Waals surface area contributed by atoms with E-state index in [-0.39, 0.29) is 17.5 Å². The number of aliphatic hydroxyl groups is 1.